The molecular weight excluding hydrogens is 788 g/mol. The third-order valence-electron chi connectivity index (χ3n) is 10.0. The minimum atomic E-state index is -4.60. The van der Waals surface area contributed by atoms with Crippen LogP contribution in [0.3, 0.4) is 0 Å². The first-order valence-corrected chi connectivity index (χ1v) is 18.9. The maximum absolute atomic E-state index is 13.4. The first-order chi connectivity index (χ1) is 28.9. The lowest BCUT2D eigenvalue weighted by atomic mass is 10.0. The highest BCUT2D eigenvalue weighted by atomic mass is 19.4. The molecule has 0 aliphatic carbocycles. The summed E-state index contributed by atoms with van der Waals surface area (Å²) in [5, 5.41) is 13.5. The predicted octanol–water partition coefficient (Wildman–Crippen LogP) is 4.45. The first kappa shape index (κ1) is 41.2. The van der Waals surface area contributed by atoms with Crippen molar-refractivity contribution in [1.82, 2.24) is 35.2 Å². The van der Waals surface area contributed by atoms with E-state index in [-0.39, 0.29) is 41.8 Å². The molecule has 2 N–H and O–H groups in total. The molecule has 5 heterocycles. The van der Waals surface area contributed by atoms with Gasteiger partial charge < -0.3 is 29.8 Å². The average Bonchev–Trinajstić information content (AvgIpc) is 3.83. The summed E-state index contributed by atoms with van der Waals surface area (Å²) in [6, 6.07) is 11.2. The van der Waals surface area contributed by atoms with E-state index in [1.807, 2.05) is 6.07 Å². The average molecular weight is 826 g/mol. The van der Waals surface area contributed by atoms with E-state index in [0.29, 0.717) is 78.8 Å². The van der Waals surface area contributed by atoms with Gasteiger partial charge in [0.05, 0.1) is 66.0 Å². The topological polar surface area (TPSA) is 191 Å². The summed E-state index contributed by atoms with van der Waals surface area (Å²) in [6.07, 6.45) is 1.03. The zero-order valence-electron chi connectivity index (χ0n) is 32.4. The number of nitrogens with zero attached hydrogens (tertiary/aromatic N) is 7. The second kappa shape index (κ2) is 17.5. The van der Waals surface area contributed by atoms with Crippen LogP contribution < -0.4 is 20.3 Å². The fourth-order valence-corrected chi connectivity index (χ4v) is 6.90. The van der Waals surface area contributed by atoms with Crippen LogP contribution in [0.15, 0.2) is 73.2 Å². The SMILES string of the molecule is CNC(=O)C(CCC=O)N1C(=O)c2ccc(-n3cc(CCOc4ncc(-c5cc(NC(=O)c6cccc(C(F)(F)F)c6)cnc5C)cc4N4CCOCC4)nn3)cc2C1=O. The highest BCUT2D eigenvalue weighted by Gasteiger charge is 2.42. The van der Waals surface area contributed by atoms with Gasteiger partial charge in [-0.1, -0.05) is 11.3 Å². The van der Waals surface area contributed by atoms with Crippen molar-refractivity contribution in [1.29, 1.82) is 0 Å². The monoisotopic (exact) mass is 825 g/mol. The molecule has 1 unspecified atom stereocenters. The van der Waals surface area contributed by atoms with Gasteiger partial charge in [-0.2, -0.15) is 13.2 Å². The quantitative estimate of drug-likeness (QED) is 0.118. The number of hydrogen-bond donors (Lipinski definition) is 2. The summed E-state index contributed by atoms with van der Waals surface area (Å²) in [7, 11) is 1.39. The van der Waals surface area contributed by atoms with E-state index in [1.165, 1.54) is 42.2 Å². The number of halogens is 3. The van der Waals surface area contributed by atoms with Gasteiger partial charge in [0.2, 0.25) is 11.8 Å². The lowest BCUT2D eigenvalue weighted by molar-refractivity contribution is -0.137. The van der Waals surface area contributed by atoms with Gasteiger partial charge in [-0.25, -0.2) is 9.67 Å². The number of ether oxygens (including phenoxy) is 2. The molecule has 1 atom stereocenters. The Hall–Kier alpha value is -7.02. The molecule has 0 radical (unpaired) electrons. The van der Waals surface area contributed by atoms with Gasteiger partial charge in [0.15, 0.2) is 0 Å². The molecule has 0 bridgehead atoms. The maximum Gasteiger partial charge on any atom is 0.416 e. The molecule has 5 aromatic rings. The van der Waals surface area contributed by atoms with Crippen molar-refractivity contribution in [2.45, 2.75) is 38.4 Å². The van der Waals surface area contributed by atoms with E-state index in [2.05, 4.69) is 35.8 Å². The number of alkyl halides is 3. The molecule has 4 amide bonds. The number of hydrogen-bond acceptors (Lipinski definition) is 12. The third kappa shape index (κ3) is 8.70. The number of imide groups is 1. The highest BCUT2D eigenvalue weighted by molar-refractivity contribution is 6.23. The number of likely N-dealkylation sites (N-methyl/N-ethyl adjacent to an activating group) is 1. The number of nitrogens with one attached hydrogen (secondary N) is 2. The van der Waals surface area contributed by atoms with E-state index in [9.17, 15) is 37.1 Å². The predicted molar refractivity (Wildman–Crippen MR) is 209 cm³/mol. The Kier molecular flexibility index (Phi) is 12.0. The summed E-state index contributed by atoms with van der Waals surface area (Å²) in [6.45, 7) is 4.05. The van der Waals surface area contributed by atoms with E-state index < -0.39 is 41.4 Å². The fraction of sp³-hybridized carbons (Fsp3) is 0.293. The Bertz CT molecular complexity index is 2470. The largest absolute Gasteiger partial charge is 0.476 e. The van der Waals surface area contributed by atoms with Crippen molar-refractivity contribution < 1.29 is 46.6 Å². The van der Waals surface area contributed by atoms with Gasteiger partial charge >= 0.3 is 6.18 Å². The van der Waals surface area contributed by atoms with Crippen molar-refractivity contribution in [3.63, 3.8) is 0 Å². The van der Waals surface area contributed by atoms with E-state index in [0.717, 1.165) is 17.0 Å². The fourth-order valence-electron chi connectivity index (χ4n) is 6.90. The number of morpholine rings is 1. The zero-order chi connectivity index (χ0) is 42.6. The second-order valence-electron chi connectivity index (χ2n) is 13.9. The standard InChI is InChI=1S/C41H38F3N9O7/c1-24-32(19-29(22-46-24)48-36(55)25-5-3-6-27(17-25)41(42,43)44)26-18-35(51-11-15-59-16-12-51)38(47-21-26)60-14-10-28-23-52(50-49-28)30-8-9-31-33(20-30)40(58)53(39(31)57)34(7-4-13-54)37(56)45-2/h3,5-6,8-9,13,17-23,34H,4,7,10-12,14-16H2,1-2H3,(H,45,56)(H,48,55). The van der Waals surface area contributed by atoms with Gasteiger partial charge in [0.1, 0.15) is 18.0 Å². The number of aromatic nitrogens is 5. The van der Waals surface area contributed by atoms with E-state index in [4.69, 9.17) is 9.47 Å². The Morgan fingerprint density at radius 1 is 0.983 bits per heavy atom. The number of fused-ring (bicyclic) bond motifs is 1. The van der Waals surface area contributed by atoms with Gasteiger partial charge in [-0.05, 0) is 61.9 Å². The van der Waals surface area contributed by atoms with Crippen molar-refractivity contribution in [2.24, 2.45) is 0 Å². The third-order valence-corrected chi connectivity index (χ3v) is 10.0. The smallest absolute Gasteiger partial charge is 0.416 e. The van der Waals surface area contributed by atoms with Crippen molar-refractivity contribution >= 4 is 41.3 Å². The first-order valence-electron chi connectivity index (χ1n) is 18.9. The molecule has 19 heteroatoms. The second-order valence-corrected chi connectivity index (χ2v) is 13.9. The number of carbonyl (C=O) groups excluding carboxylic acids is 5. The van der Waals surface area contributed by atoms with Crippen molar-refractivity contribution in [2.75, 3.05) is 50.2 Å². The zero-order valence-corrected chi connectivity index (χ0v) is 32.4. The Morgan fingerprint density at radius 2 is 1.77 bits per heavy atom. The highest BCUT2D eigenvalue weighted by Crippen LogP contribution is 2.35. The van der Waals surface area contributed by atoms with Crippen LogP contribution in [0.25, 0.3) is 16.8 Å². The van der Waals surface area contributed by atoms with Gasteiger partial charge in [-0.3, -0.25) is 29.1 Å². The molecule has 60 heavy (non-hydrogen) atoms. The van der Waals surface area contributed by atoms with E-state index >= 15 is 0 Å². The van der Waals surface area contributed by atoms with Crippen molar-refractivity contribution in [3.8, 4) is 22.7 Å². The van der Waals surface area contributed by atoms with Crippen molar-refractivity contribution in [3.05, 3.63) is 107 Å². The van der Waals surface area contributed by atoms with Gasteiger partial charge in [-0.15, -0.1) is 5.10 Å². The van der Waals surface area contributed by atoms with Crippen LogP contribution >= 0.6 is 0 Å². The minimum absolute atomic E-state index is 0.00691. The number of anilines is 2. The lowest BCUT2D eigenvalue weighted by Crippen LogP contribution is -2.48. The van der Waals surface area contributed by atoms with Crippen LogP contribution in [0.5, 0.6) is 5.88 Å². The molecule has 310 valence electrons. The Balaban J connectivity index is 1.05. The Morgan fingerprint density at radius 3 is 2.52 bits per heavy atom. The number of amides is 4. The lowest BCUT2D eigenvalue weighted by Gasteiger charge is -2.30. The number of pyridine rings is 2. The van der Waals surface area contributed by atoms with Crippen LogP contribution in [0.4, 0.5) is 24.5 Å². The number of aldehydes is 1. The molecule has 2 aliphatic heterocycles. The van der Waals surface area contributed by atoms with Gasteiger partial charge in [0, 0.05) is 61.6 Å². The Labute approximate surface area is 340 Å². The summed E-state index contributed by atoms with van der Waals surface area (Å²) < 4.78 is 53.0. The molecule has 1 fully saturated rings. The molecule has 1 saturated heterocycles. The van der Waals surface area contributed by atoms with Crippen LogP contribution in [0.1, 0.15) is 60.9 Å². The maximum atomic E-state index is 13.4. The van der Waals surface area contributed by atoms with Crippen LogP contribution in [-0.4, -0.2) is 106 Å². The summed E-state index contributed by atoms with van der Waals surface area (Å²) in [5.74, 6) is -2.21. The van der Waals surface area contributed by atoms with Gasteiger partial charge in [0.25, 0.3) is 17.7 Å². The van der Waals surface area contributed by atoms with Crippen LogP contribution in [0.2, 0.25) is 0 Å². The molecule has 7 rings (SSSR count). The summed E-state index contributed by atoms with van der Waals surface area (Å²) in [5.41, 5.74) is 3.05. The van der Waals surface area contributed by atoms with Crippen LogP contribution in [0, 0.1) is 6.92 Å². The number of carbonyl (C=O) groups is 5. The van der Waals surface area contributed by atoms with E-state index in [1.54, 1.807) is 31.5 Å². The van der Waals surface area contributed by atoms with Crippen LogP contribution in [-0.2, 0) is 26.9 Å². The minimum Gasteiger partial charge on any atom is -0.476 e. The summed E-state index contributed by atoms with van der Waals surface area (Å²) in [4.78, 5) is 75.2. The normalized spacial score (nSPS) is 14.5. The molecule has 0 spiro atoms. The molecule has 16 nitrogen and oxygen atoms in total. The molecule has 2 aliphatic rings. The number of aryl methyl sites for hydroxylation is 1. The molecule has 3 aromatic heterocycles. The number of benzene rings is 2. The molecule has 0 saturated carbocycles. The molecule has 2 aromatic carbocycles. The summed E-state index contributed by atoms with van der Waals surface area (Å²) >= 11 is 0. The molecular formula is C41H38F3N9O7. The number of rotatable bonds is 14.